The maximum atomic E-state index is 12.7. The number of ether oxygens (including phenoxy) is 1. The number of Topliss-reactive ketones (excluding diaryl/α,β-unsaturated/α-hetero) is 1. The van der Waals surface area contributed by atoms with Gasteiger partial charge in [0, 0.05) is 12.2 Å². The Labute approximate surface area is 109 Å². The van der Waals surface area contributed by atoms with Crippen LogP contribution in [-0.2, 0) is 4.74 Å². The molecule has 1 fully saturated rings. The average Bonchev–Trinajstić information content (AvgIpc) is 2.73. The fourth-order valence-electron chi connectivity index (χ4n) is 2.76. The molecule has 2 heteroatoms. The van der Waals surface area contributed by atoms with Crippen LogP contribution in [0.1, 0.15) is 46.0 Å². The van der Waals surface area contributed by atoms with Crippen molar-refractivity contribution in [3.8, 4) is 0 Å². The van der Waals surface area contributed by atoms with E-state index in [9.17, 15) is 4.79 Å². The number of benzene rings is 1. The summed E-state index contributed by atoms with van der Waals surface area (Å²) in [5.41, 5.74) is 5.46. The van der Waals surface area contributed by atoms with Crippen molar-refractivity contribution in [2.75, 3.05) is 6.61 Å². The van der Waals surface area contributed by atoms with Crippen LogP contribution in [0.4, 0.5) is 0 Å². The van der Waals surface area contributed by atoms with Gasteiger partial charge in [-0.25, -0.2) is 0 Å². The minimum atomic E-state index is -0.247. The number of hydrogen-bond donors (Lipinski definition) is 0. The molecule has 2 atom stereocenters. The molecule has 0 amide bonds. The van der Waals surface area contributed by atoms with E-state index in [4.69, 9.17) is 4.74 Å². The smallest absolute Gasteiger partial charge is 0.192 e. The molecule has 0 saturated carbocycles. The highest BCUT2D eigenvalue weighted by Gasteiger charge is 2.33. The first-order valence-electron chi connectivity index (χ1n) is 6.66. The predicted octanol–water partition coefficient (Wildman–Crippen LogP) is 3.53. The summed E-state index contributed by atoms with van der Waals surface area (Å²) in [5, 5.41) is 0. The van der Waals surface area contributed by atoms with E-state index in [1.54, 1.807) is 0 Å². The lowest BCUT2D eigenvalue weighted by atomic mass is 9.87. The maximum Gasteiger partial charge on any atom is 0.192 e. The minimum absolute atomic E-state index is 0.168. The fourth-order valence-corrected chi connectivity index (χ4v) is 2.76. The molecular weight excluding hydrogens is 224 g/mol. The standard InChI is InChI=1S/C16H22O2/c1-9-6-7-18-16(9)15(17)14-12(4)10(2)8-11(3)13(14)5/h8-9,16H,6-7H2,1-5H3. The first-order chi connectivity index (χ1) is 8.43. The molecule has 2 unspecified atom stereocenters. The first-order valence-corrected chi connectivity index (χ1v) is 6.66. The Balaban J connectivity index is 2.47. The van der Waals surface area contributed by atoms with Gasteiger partial charge in [-0.05, 0) is 62.3 Å². The summed E-state index contributed by atoms with van der Waals surface area (Å²) < 4.78 is 5.62. The average molecular weight is 246 g/mol. The fraction of sp³-hybridized carbons (Fsp3) is 0.562. The molecule has 2 nitrogen and oxygen atoms in total. The summed E-state index contributed by atoms with van der Waals surface area (Å²) in [4.78, 5) is 12.7. The Morgan fingerprint density at radius 2 is 1.72 bits per heavy atom. The van der Waals surface area contributed by atoms with Gasteiger partial charge in [-0.15, -0.1) is 0 Å². The van der Waals surface area contributed by atoms with E-state index in [1.165, 1.54) is 11.1 Å². The van der Waals surface area contributed by atoms with Crippen LogP contribution in [0.2, 0.25) is 0 Å². The number of rotatable bonds is 2. The molecule has 0 bridgehead atoms. The van der Waals surface area contributed by atoms with Gasteiger partial charge in [0.25, 0.3) is 0 Å². The SMILES string of the molecule is Cc1cc(C)c(C)c(C(=O)C2OCCC2C)c1C. The Morgan fingerprint density at radius 3 is 2.17 bits per heavy atom. The highest BCUT2D eigenvalue weighted by atomic mass is 16.5. The third kappa shape index (κ3) is 2.10. The van der Waals surface area contributed by atoms with Crippen molar-refractivity contribution in [2.24, 2.45) is 5.92 Å². The molecule has 98 valence electrons. The molecule has 1 aliphatic heterocycles. The van der Waals surface area contributed by atoms with E-state index < -0.39 is 0 Å². The second-order valence-electron chi connectivity index (χ2n) is 5.56. The molecule has 2 rings (SSSR count). The number of aryl methyl sites for hydroxylation is 2. The lowest BCUT2D eigenvalue weighted by molar-refractivity contribution is 0.0578. The zero-order valence-electron chi connectivity index (χ0n) is 12.0. The number of carbonyl (C=O) groups excluding carboxylic acids is 1. The Kier molecular flexibility index (Phi) is 3.58. The predicted molar refractivity (Wildman–Crippen MR) is 73.2 cm³/mol. The van der Waals surface area contributed by atoms with Gasteiger partial charge in [0.05, 0.1) is 0 Å². The normalized spacial score (nSPS) is 23.4. The van der Waals surface area contributed by atoms with Gasteiger partial charge in [-0.2, -0.15) is 0 Å². The van der Waals surface area contributed by atoms with Crippen LogP contribution in [-0.4, -0.2) is 18.5 Å². The van der Waals surface area contributed by atoms with Crippen molar-refractivity contribution in [1.29, 1.82) is 0 Å². The van der Waals surface area contributed by atoms with E-state index in [1.807, 2.05) is 13.8 Å². The summed E-state index contributed by atoms with van der Waals surface area (Å²) in [6.07, 6.45) is 0.739. The second-order valence-corrected chi connectivity index (χ2v) is 5.56. The molecule has 1 saturated heterocycles. The van der Waals surface area contributed by atoms with Crippen LogP contribution in [0.25, 0.3) is 0 Å². The molecule has 0 N–H and O–H groups in total. The second kappa shape index (κ2) is 4.85. The first kappa shape index (κ1) is 13.3. The third-order valence-electron chi connectivity index (χ3n) is 4.26. The summed E-state index contributed by atoms with van der Waals surface area (Å²) in [5.74, 6) is 0.499. The molecule has 1 aromatic rings. The zero-order valence-corrected chi connectivity index (χ0v) is 12.0. The Hall–Kier alpha value is -1.15. The molecule has 0 aliphatic carbocycles. The van der Waals surface area contributed by atoms with Crippen molar-refractivity contribution in [2.45, 2.75) is 47.1 Å². The van der Waals surface area contributed by atoms with E-state index >= 15 is 0 Å². The Morgan fingerprint density at radius 1 is 1.17 bits per heavy atom. The molecule has 1 heterocycles. The number of ketones is 1. The van der Waals surface area contributed by atoms with Crippen molar-refractivity contribution < 1.29 is 9.53 Å². The van der Waals surface area contributed by atoms with Gasteiger partial charge < -0.3 is 4.74 Å². The van der Waals surface area contributed by atoms with E-state index in [2.05, 4.69) is 26.8 Å². The minimum Gasteiger partial charge on any atom is -0.370 e. The van der Waals surface area contributed by atoms with Crippen LogP contribution >= 0.6 is 0 Å². The highest BCUT2D eigenvalue weighted by Crippen LogP contribution is 2.28. The summed E-state index contributed by atoms with van der Waals surface area (Å²) in [6, 6.07) is 2.15. The molecule has 1 aromatic carbocycles. The third-order valence-corrected chi connectivity index (χ3v) is 4.26. The van der Waals surface area contributed by atoms with Crippen molar-refractivity contribution >= 4 is 5.78 Å². The van der Waals surface area contributed by atoms with Crippen molar-refractivity contribution in [3.63, 3.8) is 0 Å². The summed E-state index contributed by atoms with van der Waals surface area (Å²) in [7, 11) is 0. The van der Waals surface area contributed by atoms with Gasteiger partial charge in [-0.1, -0.05) is 13.0 Å². The van der Waals surface area contributed by atoms with Crippen LogP contribution in [0.5, 0.6) is 0 Å². The van der Waals surface area contributed by atoms with Crippen molar-refractivity contribution in [1.82, 2.24) is 0 Å². The number of carbonyl (C=O) groups is 1. The quantitative estimate of drug-likeness (QED) is 0.746. The summed E-state index contributed by atoms with van der Waals surface area (Å²) >= 11 is 0. The van der Waals surface area contributed by atoms with E-state index in [0.29, 0.717) is 12.5 Å². The van der Waals surface area contributed by atoms with Crippen molar-refractivity contribution in [3.05, 3.63) is 33.9 Å². The largest absolute Gasteiger partial charge is 0.370 e. The molecule has 0 radical (unpaired) electrons. The Bertz CT molecular complexity index is 462. The maximum absolute atomic E-state index is 12.7. The van der Waals surface area contributed by atoms with Crippen LogP contribution in [0, 0.1) is 33.6 Å². The highest BCUT2D eigenvalue weighted by molar-refractivity contribution is 6.02. The zero-order chi connectivity index (χ0) is 13.4. The molecular formula is C16H22O2. The lowest BCUT2D eigenvalue weighted by Gasteiger charge is -2.19. The van der Waals surface area contributed by atoms with Crippen LogP contribution < -0.4 is 0 Å². The molecule has 1 aliphatic rings. The molecule has 18 heavy (non-hydrogen) atoms. The lowest BCUT2D eigenvalue weighted by Crippen LogP contribution is -2.27. The monoisotopic (exact) mass is 246 g/mol. The van der Waals surface area contributed by atoms with Gasteiger partial charge in [0.15, 0.2) is 5.78 Å². The van der Waals surface area contributed by atoms with E-state index in [0.717, 1.165) is 23.1 Å². The van der Waals surface area contributed by atoms with E-state index in [-0.39, 0.29) is 11.9 Å². The topological polar surface area (TPSA) is 26.3 Å². The van der Waals surface area contributed by atoms with Crippen LogP contribution in [0.3, 0.4) is 0 Å². The molecule has 0 aromatic heterocycles. The van der Waals surface area contributed by atoms with Gasteiger partial charge in [0.1, 0.15) is 6.10 Å². The molecule has 0 spiro atoms. The van der Waals surface area contributed by atoms with Gasteiger partial charge in [-0.3, -0.25) is 4.79 Å². The van der Waals surface area contributed by atoms with Gasteiger partial charge in [0.2, 0.25) is 0 Å². The van der Waals surface area contributed by atoms with Crippen LogP contribution in [0.15, 0.2) is 6.07 Å². The summed E-state index contributed by atoms with van der Waals surface area (Å²) in [6.45, 7) is 11.0. The van der Waals surface area contributed by atoms with Gasteiger partial charge >= 0.3 is 0 Å². The number of hydrogen-bond acceptors (Lipinski definition) is 2.